The number of Topliss-reactive ketones (excluding diaryl/α,β-unsaturated/α-hetero) is 2. The first kappa shape index (κ1) is 106. The van der Waals surface area contributed by atoms with Crippen LogP contribution in [0, 0.1) is 42.3 Å². The van der Waals surface area contributed by atoms with E-state index in [-0.39, 0.29) is 92.7 Å². The molecule has 8 rings (SSSR count). The fourth-order valence-electron chi connectivity index (χ4n) is 16.5. The van der Waals surface area contributed by atoms with E-state index in [2.05, 4.69) is 15.6 Å². The minimum atomic E-state index is -2.46. The van der Waals surface area contributed by atoms with Crippen LogP contribution in [0.4, 0.5) is 15.0 Å². The van der Waals surface area contributed by atoms with Crippen molar-refractivity contribution < 1.29 is 120 Å². The summed E-state index contributed by atoms with van der Waals surface area (Å²) in [6, 6.07) is 10.9. The molecule has 33 heteroatoms. The topological polar surface area (TPSA) is 405 Å². The maximum Gasteiger partial charge on any atom is 0.407 e. The van der Waals surface area contributed by atoms with Crippen molar-refractivity contribution in [3.05, 3.63) is 119 Å². The molecule has 714 valence electrons. The van der Waals surface area contributed by atoms with Crippen LogP contribution in [-0.2, 0) is 92.1 Å². The van der Waals surface area contributed by atoms with E-state index in [0.29, 0.717) is 211 Å². The van der Waals surface area contributed by atoms with Crippen LogP contribution >= 0.6 is 10.5 Å². The molecule has 2 unspecified atom stereocenters. The lowest BCUT2D eigenvalue weighted by Gasteiger charge is -2.42. The number of esters is 1. The number of ether oxygens (including phenoxy) is 14. The molecule has 2 saturated heterocycles. The number of aliphatic hydroxyl groups excluding tert-OH is 2. The molecule has 5 heterocycles. The zero-order chi connectivity index (χ0) is 92.5. The lowest BCUT2D eigenvalue weighted by atomic mass is 9.80. The molecule has 2 bridgehead atoms. The Kier molecular flexibility index (Phi) is 46.3. The second-order valence-corrected chi connectivity index (χ2v) is 35.9. The average molecular weight is 1820 g/mol. The highest BCUT2D eigenvalue weighted by Crippen LogP contribution is 2.39. The third-order valence-electron chi connectivity index (χ3n) is 24.1. The summed E-state index contributed by atoms with van der Waals surface area (Å²) < 4.78 is 97.1. The summed E-state index contributed by atoms with van der Waals surface area (Å²) in [6.07, 6.45) is 11.7. The second-order valence-electron chi connectivity index (χ2n) is 33.8. The monoisotopic (exact) mass is 1820 g/mol. The summed E-state index contributed by atoms with van der Waals surface area (Å²) in [5.41, 5.74) is 17.3. The number of piperidine rings is 1. The molecule has 1 saturated carbocycles. The Morgan fingerprint density at radius 1 is 0.695 bits per heavy atom. The van der Waals surface area contributed by atoms with Gasteiger partial charge in [0.25, 0.3) is 17.6 Å². The number of fused-ring (bicyclic) bond motifs is 4. The molecule has 3 fully saturated rings. The Morgan fingerprint density at radius 3 is 1.99 bits per heavy atom. The van der Waals surface area contributed by atoms with Gasteiger partial charge in [-0.25, -0.2) is 19.0 Å². The Labute approximate surface area is 756 Å². The molecule has 0 radical (unpaired) electrons. The second kappa shape index (κ2) is 56.2. The van der Waals surface area contributed by atoms with Gasteiger partial charge in [0.1, 0.15) is 54.4 Å². The third-order valence-corrected chi connectivity index (χ3v) is 26.2. The number of hydrogen-bond acceptors (Lipinski definition) is 27. The van der Waals surface area contributed by atoms with Crippen molar-refractivity contribution in [3.63, 3.8) is 0 Å². The summed E-state index contributed by atoms with van der Waals surface area (Å²) >= 11 is 0. The fourth-order valence-corrected chi connectivity index (χ4v) is 18.2. The number of rotatable bonds is 39. The first-order valence-electron chi connectivity index (χ1n) is 45.4. The quantitative estimate of drug-likeness (QED) is 0.00918. The van der Waals surface area contributed by atoms with Crippen molar-refractivity contribution in [2.75, 3.05) is 164 Å². The normalized spacial score (nSPS) is 27.0. The molecule has 4 aliphatic heterocycles. The van der Waals surface area contributed by atoms with Gasteiger partial charge in [0.15, 0.2) is 5.78 Å². The van der Waals surface area contributed by atoms with Crippen LogP contribution in [-0.4, -0.2) is 296 Å². The number of amides is 4. The summed E-state index contributed by atoms with van der Waals surface area (Å²) in [5, 5.41) is 42.2. The van der Waals surface area contributed by atoms with Crippen molar-refractivity contribution in [2.45, 2.75) is 217 Å². The van der Waals surface area contributed by atoms with E-state index in [1.165, 1.54) is 4.90 Å². The van der Waals surface area contributed by atoms with Crippen LogP contribution in [0.25, 0.3) is 11.1 Å². The fraction of sp³-hybridized carbons (Fsp3) is 0.653. The molecule has 128 heavy (non-hydrogen) atoms. The largest absolute Gasteiger partial charge is 0.491 e. The molecule has 3 aromatic rings. The van der Waals surface area contributed by atoms with Gasteiger partial charge in [-0.3, -0.25) is 24.0 Å². The minimum Gasteiger partial charge on any atom is -0.491 e. The minimum absolute atomic E-state index is 0.0391. The highest BCUT2D eigenvalue weighted by molar-refractivity contribution is 8.15. The lowest BCUT2D eigenvalue weighted by molar-refractivity contribution is -0.265. The number of aliphatic hydroxyl groups is 3. The van der Waals surface area contributed by atoms with Crippen molar-refractivity contribution >= 4 is 63.0 Å². The maximum absolute atomic E-state index is 16.1. The van der Waals surface area contributed by atoms with Crippen LogP contribution in [0.15, 0.2) is 101 Å². The zero-order valence-electron chi connectivity index (χ0n) is 76.6. The number of allylic oxidation sites excluding steroid dienone is 6. The highest BCUT2D eigenvalue weighted by Gasteiger charge is 2.53. The van der Waals surface area contributed by atoms with Gasteiger partial charge >= 0.3 is 12.1 Å². The molecule has 0 spiro atoms. The van der Waals surface area contributed by atoms with Gasteiger partial charge in [0, 0.05) is 105 Å². The van der Waals surface area contributed by atoms with E-state index < -0.39 is 118 Å². The highest BCUT2D eigenvalue weighted by atomic mass is 32.2. The number of nitrogens with zero attached hydrogens (tertiary/aromatic N) is 3. The van der Waals surface area contributed by atoms with Gasteiger partial charge < -0.3 is 114 Å². The first-order chi connectivity index (χ1) is 61.6. The van der Waals surface area contributed by atoms with Gasteiger partial charge in [-0.2, -0.15) is 10.5 Å². The molecule has 9 N–H and O–H groups in total. The first-order valence-corrected chi connectivity index (χ1v) is 46.9. The predicted octanol–water partition coefficient (Wildman–Crippen LogP) is 9.69. The number of halogens is 1. The number of anilines is 1. The summed E-state index contributed by atoms with van der Waals surface area (Å²) in [5.74, 6) is -6.81. The number of alkyl carbamates (subject to hydrolysis) is 1. The van der Waals surface area contributed by atoms with Gasteiger partial charge in [-0.05, 0) is 181 Å². The third kappa shape index (κ3) is 33.8. The number of nitrogen functional groups attached to an aromatic ring is 1. The zero-order valence-corrected chi connectivity index (χ0v) is 77.4. The number of aromatic nitrogens is 1. The standard InChI is InChI=1S/C95H142FN7O24S/c1-11-128(83-30-26-75(69(8)86(83)96)91(109)102-36-39-124-78-29-23-71(59-73(78)62-102)72-24-31-84(98)101-61-72)54-34-99-85(104)32-37-116-40-42-118-44-46-120-48-50-122-52-53-123-51-49-121-47-45-119-43-41-117-38-33-100-94(112)126-80-28-22-70(58-82(80)115-10)57-76(97)79-27-20-64(3)56-67(6)88(106)89(107)87(105)66(5)55-63(2)17-13-12-14-18-65(4)81(114-9)60-74-25-21-68(7)95(113,127-74)90(108)92(110)103-35-16-15-19-77(103)93(111)125-79/h11-14,17-18,23-24,26,29-31,56,59,61,63-64,66,68,70,74,76-77,79-82,88-89,106-107,113H,15-16,19-22,25,27-28,32-55,57-58,60,62,97H2,1-10H3,(H2,98,101)(H,99,104)(H,100,112)/b14-12+,17-13+,65-18+,67-56+/t63-,64+,66-,68-,70?,74+,76-,77+,79+,80-,81+,82-,88-,89+,95-,128?/m1/s1. The molecule has 2 aromatic carbocycles. The van der Waals surface area contributed by atoms with E-state index in [1.807, 2.05) is 87.7 Å². The molecule has 5 aliphatic rings. The number of carbonyl (C=O) groups excluding carboxylic acids is 7. The molecular weight excluding hydrogens is 1670 g/mol. The number of nitrogens with one attached hydrogen (secondary N) is 2. The molecule has 31 nitrogen and oxygen atoms in total. The van der Waals surface area contributed by atoms with E-state index in [0.717, 1.165) is 22.3 Å². The van der Waals surface area contributed by atoms with Crippen molar-refractivity contribution in [2.24, 2.45) is 35.3 Å². The average Bonchev–Trinajstić information content (AvgIpc) is 0.783. The van der Waals surface area contributed by atoms with Crippen LogP contribution in [0.2, 0.25) is 0 Å². The SMILES string of the molecule is C/C=S(\CCNC(=O)CCOCCOCCOCCOCCOCCOCCOCCOCCNC(=O)O[C@@H]1CCC(C[C@@H](N)[C@@H]2CC[C@H](C)/C=C(\C)[C@@H](O)[C@@H](O)C(=O)[C@H](C)C[C@H](C)/C=C/C=C/C=C(\C)[C@@H](OC)C[C@@H]3CC[C@@H](C)[C@@](O)(O3)C(=O)C(=O)N3CCCC[C@H]3C(=O)O2)C[C@H]1OC)c1ccc(C(=O)N2CCOc3ccc(-c4ccc(N)nc4)cc3C2)c(C)c1F. The van der Waals surface area contributed by atoms with E-state index in [1.54, 1.807) is 77.3 Å². The van der Waals surface area contributed by atoms with Crippen molar-refractivity contribution in [3.8, 4) is 16.9 Å². The smallest absolute Gasteiger partial charge is 0.407 e. The Balaban J connectivity index is 0.634. The number of nitrogens with two attached hydrogens (primary N) is 2. The van der Waals surface area contributed by atoms with Gasteiger partial charge in [0.2, 0.25) is 11.7 Å². The number of pyridine rings is 1. The van der Waals surface area contributed by atoms with Crippen molar-refractivity contribution in [1.29, 1.82) is 0 Å². The van der Waals surface area contributed by atoms with Gasteiger partial charge in [-0.1, -0.05) is 75.6 Å². The maximum atomic E-state index is 16.1. The number of cyclic esters (lactones) is 1. The van der Waals surface area contributed by atoms with E-state index in [4.69, 9.17) is 77.8 Å². The Morgan fingerprint density at radius 2 is 1.35 bits per heavy atom. The molecular formula is C95H142FN7O24S. The van der Waals surface area contributed by atoms with Crippen LogP contribution in [0.1, 0.15) is 160 Å². The number of hydrogen-bond donors (Lipinski definition) is 7. The molecule has 4 amide bonds. The van der Waals surface area contributed by atoms with E-state index >= 15 is 4.39 Å². The molecule has 16 atom stereocenters. The lowest BCUT2D eigenvalue weighted by Crippen LogP contribution is -2.61. The summed E-state index contributed by atoms with van der Waals surface area (Å²) in [7, 11) is 2.49. The van der Waals surface area contributed by atoms with Crippen LogP contribution in [0.3, 0.4) is 0 Å². The predicted molar refractivity (Wildman–Crippen MR) is 483 cm³/mol. The number of methoxy groups -OCH3 is 2. The number of ketones is 2. The Bertz CT molecular complexity index is 4140. The number of carbonyl (C=O) groups is 7. The molecule has 1 aliphatic carbocycles. The van der Waals surface area contributed by atoms with Crippen LogP contribution in [0.5, 0.6) is 5.75 Å². The summed E-state index contributed by atoms with van der Waals surface area (Å²) in [6.45, 7) is 21.3. The van der Waals surface area contributed by atoms with Crippen molar-refractivity contribution in [1.82, 2.24) is 25.4 Å². The Hall–Kier alpha value is -7.81. The van der Waals surface area contributed by atoms with Crippen LogP contribution < -0.4 is 26.8 Å². The molecule has 1 aromatic heterocycles. The number of benzene rings is 2. The van der Waals surface area contributed by atoms with Gasteiger partial charge in [-0.15, -0.1) is 0 Å². The summed E-state index contributed by atoms with van der Waals surface area (Å²) in [4.78, 5) is 104. The van der Waals surface area contributed by atoms with Gasteiger partial charge in [0.05, 0.1) is 131 Å². The van der Waals surface area contributed by atoms with E-state index in [9.17, 15) is 48.9 Å².